The van der Waals surface area contributed by atoms with Gasteiger partial charge in [-0.15, -0.1) is 5.10 Å². The van der Waals surface area contributed by atoms with Gasteiger partial charge in [0.15, 0.2) is 5.82 Å². The number of nitrogens with one attached hydrogen (secondary N) is 1. The van der Waals surface area contributed by atoms with Crippen molar-refractivity contribution in [3.63, 3.8) is 0 Å². The molecule has 148 valence electrons. The molecule has 0 saturated carbocycles. The van der Waals surface area contributed by atoms with Gasteiger partial charge in [-0.2, -0.15) is 0 Å². The van der Waals surface area contributed by atoms with E-state index >= 15 is 0 Å². The summed E-state index contributed by atoms with van der Waals surface area (Å²) in [5, 5.41) is 14.7. The lowest BCUT2D eigenvalue weighted by Crippen LogP contribution is -2.38. The fraction of sp³-hybridized carbons (Fsp3) is 0.579. The Balaban J connectivity index is 2.05. The number of ether oxygens (including phenoxy) is 2. The molecule has 1 N–H and O–H groups in total. The van der Waals surface area contributed by atoms with E-state index in [9.17, 15) is 4.79 Å². The molecule has 1 atom stereocenters. The number of alkyl carbamates (subject to hydrolysis) is 1. The van der Waals surface area contributed by atoms with Crippen LogP contribution < -0.4 is 5.32 Å². The standard InChI is InChI=1S/C19H29N5O3/c1-5-6-12-24-17(21-22-23-24)16(20-18(25)27-19(2,3)4)14-26-13-15-10-8-7-9-11-15/h7-11,16H,5-6,12-14H2,1-4H3,(H,20,25)/t16-/m1/s1. The minimum atomic E-state index is -0.590. The summed E-state index contributed by atoms with van der Waals surface area (Å²) >= 11 is 0. The van der Waals surface area contributed by atoms with Crippen molar-refractivity contribution in [2.45, 2.75) is 65.3 Å². The molecule has 0 aliphatic heterocycles. The van der Waals surface area contributed by atoms with E-state index in [1.165, 1.54) is 0 Å². The van der Waals surface area contributed by atoms with Crippen LogP contribution >= 0.6 is 0 Å². The zero-order valence-corrected chi connectivity index (χ0v) is 16.5. The molecule has 0 saturated heterocycles. The van der Waals surface area contributed by atoms with Crippen LogP contribution in [0.3, 0.4) is 0 Å². The highest BCUT2D eigenvalue weighted by atomic mass is 16.6. The SMILES string of the molecule is CCCCn1nnnc1[C@@H](COCc1ccccc1)NC(=O)OC(C)(C)C. The van der Waals surface area contributed by atoms with Crippen molar-refractivity contribution in [2.24, 2.45) is 0 Å². The highest BCUT2D eigenvalue weighted by molar-refractivity contribution is 5.68. The molecule has 0 aliphatic rings. The Morgan fingerprint density at radius 3 is 2.67 bits per heavy atom. The maximum absolute atomic E-state index is 12.3. The molecule has 1 aromatic heterocycles. The number of carbonyl (C=O) groups excluding carboxylic acids is 1. The number of aromatic nitrogens is 4. The van der Waals surface area contributed by atoms with Crippen LogP contribution in [0.2, 0.25) is 0 Å². The van der Waals surface area contributed by atoms with E-state index in [-0.39, 0.29) is 6.61 Å². The second-order valence-corrected chi connectivity index (χ2v) is 7.31. The van der Waals surface area contributed by atoms with Gasteiger partial charge in [0.05, 0.1) is 13.2 Å². The first-order chi connectivity index (χ1) is 12.9. The molecule has 8 nitrogen and oxygen atoms in total. The Hall–Kier alpha value is -2.48. The summed E-state index contributed by atoms with van der Waals surface area (Å²) in [4.78, 5) is 12.3. The van der Waals surface area contributed by atoms with E-state index in [4.69, 9.17) is 9.47 Å². The molecule has 0 bridgehead atoms. The summed E-state index contributed by atoms with van der Waals surface area (Å²) in [6.07, 6.45) is 1.44. The van der Waals surface area contributed by atoms with Gasteiger partial charge >= 0.3 is 6.09 Å². The third-order valence-electron chi connectivity index (χ3n) is 3.68. The van der Waals surface area contributed by atoms with Gasteiger partial charge in [0.1, 0.15) is 11.6 Å². The molecular formula is C19H29N5O3. The third kappa shape index (κ3) is 7.34. The second kappa shape index (κ2) is 10.0. The van der Waals surface area contributed by atoms with Crippen LogP contribution in [0.25, 0.3) is 0 Å². The third-order valence-corrected chi connectivity index (χ3v) is 3.68. The molecule has 0 spiro atoms. The molecule has 0 aliphatic carbocycles. The molecule has 27 heavy (non-hydrogen) atoms. The summed E-state index contributed by atoms with van der Waals surface area (Å²) in [5.41, 5.74) is 0.465. The van der Waals surface area contributed by atoms with Gasteiger partial charge in [0.25, 0.3) is 0 Å². The monoisotopic (exact) mass is 375 g/mol. The number of aryl methyl sites for hydroxylation is 1. The van der Waals surface area contributed by atoms with E-state index in [1.54, 1.807) is 4.68 Å². The Morgan fingerprint density at radius 2 is 2.00 bits per heavy atom. The van der Waals surface area contributed by atoms with Gasteiger partial charge in [0, 0.05) is 6.54 Å². The lowest BCUT2D eigenvalue weighted by atomic mass is 10.2. The van der Waals surface area contributed by atoms with Gasteiger partial charge in [-0.1, -0.05) is 43.7 Å². The molecule has 0 radical (unpaired) electrons. The van der Waals surface area contributed by atoms with Crippen molar-refractivity contribution >= 4 is 6.09 Å². The maximum atomic E-state index is 12.3. The predicted molar refractivity (Wildman–Crippen MR) is 101 cm³/mol. The number of nitrogens with zero attached hydrogens (tertiary/aromatic N) is 4. The first kappa shape index (κ1) is 20.8. The molecule has 1 heterocycles. The second-order valence-electron chi connectivity index (χ2n) is 7.31. The van der Waals surface area contributed by atoms with Crippen molar-refractivity contribution in [3.8, 4) is 0 Å². The van der Waals surface area contributed by atoms with E-state index in [0.717, 1.165) is 18.4 Å². The van der Waals surface area contributed by atoms with Crippen LogP contribution in [0.4, 0.5) is 4.79 Å². The number of hydrogen-bond acceptors (Lipinski definition) is 6. The van der Waals surface area contributed by atoms with E-state index < -0.39 is 17.7 Å². The van der Waals surface area contributed by atoms with Crippen LogP contribution in [0.1, 0.15) is 58.0 Å². The average Bonchev–Trinajstić information content (AvgIpc) is 3.07. The summed E-state index contributed by atoms with van der Waals surface area (Å²) in [7, 11) is 0. The van der Waals surface area contributed by atoms with Crippen molar-refractivity contribution in [3.05, 3.63) is 41.7 Å². The first-order valence-electron chi connectivity index (χ1n) is 9.26. The minimum Gasteiger partial charge on any atom is -0.444 e. The predicted octanol–water partition coefficient (Wildman–Crippen LogP) is 3.26. The number of rotatable bonds is 9. The zero-order valence-electron chi connectivity index (χ0n) is 16.5. The number of benzene rings is 1. The molecule has 0 fully saturated rings. The summed E-state index contributed by atoms with van der Waals surface area (Å²) in [6.45, 7) is 8.91. The van der Waals surface area contributed by atoms with Gasteiger partial charge in [0.2, 0.25) is 0 Å². The molecule has 1 aromatic carbocycles. The number of tetrazole rings is 1. The van der Waals surface area contributed by atoms with Crippen LogP contribution in [-0.2, 0) is 22.6 Å². The Labute approximate surface area is 160 Å². The molecule has 2 aromatic rings. The highest BCUT2D eigenvalue weighted by Crippen LogP contribution is 2.14. The van der Waals surface area contributed by atoms with Crippen LogP contribution in [0, 0.1) is 0 Å². The molecule has 0 unspecified atom stereocenters. The first-order valence-corrected chi connectivity index (χ1v) is 9.26. The number of amides is 1. The van der Waals surface area contributed by atoms with Crippen molar-refractivity contribution in [1.29, 1.82) is 0 Å². The van der Waals surface area contributed by atoms with Gasteiger partial charge in [-0.3, -0.25) is 0 Å². The smallest absolute Gasteiger partial charge is 0.408 e. The van der Waals surface area contributed by atoms with E-state index in [0.29, 0.717) is 19.0 Å². The van der Waals surface area contributed by atoms with Gasteiger partial charge < -0.3 is 14.8 Å². The summed E-state index contributed by atoms with van der Waals surface area (Å²) < 4.78 is 12.9. The average molecular weight is 375 g/mol. The van der Waals surface area contributed by atoms with Crippen molar-refractivity contribution in [2.75, 3.05) is 6.61 Å². The summed E-state index contributed by atoms with van der Waals surface area (Å²) in [5.74, 6) is 0.558. The number of unbranched alkanes of at least 4 members (excludes halogenated alkanes) is 1. The topological polar surface area (TPSA) is 91.2 Å². The fourth-order valence-corrected chi connectivity index (χ4v) is 2.43. The minimum absolute atomic E-state index is 0.237. The highest BCUT2D eigenvalue weighted by Gasteiger charge is 2.25. The lowest BCUT2D eigenvalue weighted by Gasteiger charge is -2.23. The Bertz CT molecular complexity index is 697. The molecule has 8 heteroatoms. The van der Waals surface area contributed by atoms with Gasteiger partial charge in [-0.05, 0) is 43.2 Å². The van der Waals surface area contributed by atoms with Crippen molar-refractivity contribution in [1.82, 2.24) is 25.5 Å². The van der Waals surface area contributed by atoms with Crippen molar-refractivity contribution < 1.29 is 14.3 Å². The Kier molecular flexibility index (Phi) is 7.72. The number of carbonyl (C=O) groups is 1. The van der Waals surface area contributed by atoms with E-state index in [1.807, 2.05) is 51.1 Å². The van der Waals surface area contributed by atoms with Crippen LogP contribution in [0.15, 0.2) is 30.3 Å². The molecule has 1 amide bonds. The zero-order chi connectivity index (χ0) is 19.7. The largest absolute Gasteiger partial charge is 0.444 e. The maximum Gasteiger partial charge on any atom is 0.408 e. The van der Waals surface area contributed by atoms with E-state index in [2.05, 4.69) is 27.8 Å². The van der Waals surface area contributed by atoms with Crippen LogP contribution in [0.5, 0.6) is 0 Å². The van der Waals surface area contributed by atoms with Gasteiger partial charge in [-0.25, -0.2) is 9.48 Å². The van der Waals surface area contributed by atoms with Crippen LogP contribution in [-0.4, -0.2) is 38.5 Å². The summed E-state index contributed by atoms with van der Waals surface area (Å²) in [6, 6.07) is 9.35. The lowest BCUT2D eigenvalue weighted by molar-refractivity contribution is 0.0416. The normalized spacial score (nSPS) is 12.6. The molecule has 2 rings (SSSR count). The molecular weight excluding hydrogens is 346 g/mol. The Morgan fingerprint density at radius 1 is 1.26 bits per heavy atom. The fourth-order valence-electron chi connectivity index (χ4n) is 2.43. The number of hydrogen-bond donors (Lipinski definition) is 1. The quantitative estimate of drug-likeness (QED) is 0.723.